The van der Waals surface area contributed by atoms with E-state index in [2.05, 4.69) is 0 Å². The summed E-state index contributed by atoms with van der Waals surface area (Å²) in [7, 11) is 1.60. The molecule has 2 aromatic rings. The molecule has 0 saturated carbocycles. The van der Waals surface area contributed by atoms with Crippen LogP contribution in [0.1, 0.15) is 5.56 Å². The van der Waals surface area contributed by atoms with Gasteiger partial charge in [0, 0.05) is 4.90 Å². The van der Waals surface area contributed by atoms with Crippen LogP contribution < -0.4 is 4.74 Å². The maximum atomic E-state index is 10.7. The zero-order valence-corrected chi connectivity index (χ0v) is 15.8. The summed E-state index contributed by atoms with van der Waals surface area (Å²) in [6, 6.07) is 16.9. The third-order valence-electron chi connectivity index (χ3n) is 4.42. The van der Waals surface area contributed by atoms with Gasteiger partial charge >= 0.3 is 0 Å². The molecule has 1 saturated heterocycles. The van der Waals surface area contributed by atoms with Crippen LogP contribution in [-0.4, -0.2) is 58.9 Å². The minimum Gasteiger partial charge on any atom is -0.497 e. The van der Waals surface area contributed by atoms with Gasteiger partial charge in [-0.3, -0.25) is 0 Å². The number of benzene rings is 2. The fourth-order valence-corrected chi connectivity index (χ4v) is 3.97. The van der Waals surface area contributed by atoms with Gasteiger partial charge in [-0.05, 0) is 29.8 Å². The first-order valence-corrected chi connectivity index (χ1v) is 9.59. The highest BCUT2D eigenvalue weighted by molar-refractivity contribution is 7.99. The first kappa shape index (κ1) is 20.1. The number of hydrogen-bond donors (Lipinski definition) is 3. The molecule has 7 heteroatoms. The zero-order chi connectivity index (χ0) is 19.2. The number of hydrogen-bond acceptors (Lipinski definition) is 7. The van der Waals surface area contributed by atoms with Gasteiger partial charge in [0.1, 0.15) is 35.6 Å². The Balaban J connectivity index is 1.68. The molecule has 1 aliphatic heterocycles. The van der Waals surface area contributed by atoms with Gasteiger partial charge in [-0.15, -0.1) is 0 Å². The van der Waals surface area contributed by atoms with Gasteiger partial charge in [0.25, 0.3) is 0 Å². The maximum Gasteiger partial charge on any atom is 0.136 e. The van der Waals surface area contributed by atoms with Crippen LogP contribution in [0.15, 0.2) is 59.5 Å². The smallest absolute Gasteiger partial charge is 0.136 e. The molecular formula is C20H24O6S. The Morgan fingerprint density at radius 1 is 1.00 bits per heavy atom. The summed E-state index contributed by atoms with van der Waals surface area (Å²) in [5.41, 5.74) is 0.225. The molecule has 5 atom stereocenters. The van der Waals surface area contributed by atoms with Crippen LogP contribution in [0.25, 0.3) is 0 Å². The van der Waals surface area contributed by atoms with Crippen molar-refractivity contribution in [3.63, 3.8) is 0 Å². The lowest BCUT2D eigenvalue weighted by Crippen LogP contribution is -2.58. The normalized spacial score (nSPS) is 28.1. The van der Waals surface area contributed by atoms with Gasteiger partial charge < -0.3 is 29.5 Å². The lowest BCUT2D eigenvalue weighted by atomic mass is 10.00. The molecule has 0 aromatic heterocycles. The van der Waals surface area contributed by atoms with E-state index < -0.39 is 29.9 Å². The van der Waals surface area contributed by atoms with Crippen LogP contribution in [0.4, 0.5) is 0 Å². The SMILES string of the molecule is COc1ccc(CO[C@@H]2C(O)[C@H](Sc3ccccc3)OC(CO)[C@H]2O)cc1. The van der Waals surface area contributed by atoms with Gasteiger partial charge in [0.2, 0.25) is 0 Å². The average Bonchev–Trinajstić information content (AvgIpc) is 2.71. The first-order chi connectivity index (χ1) is 13.1. The molecule has 3 rings (SSSR count). The van der Waals surface area contributed by atoms with Crippen LogP contribution in [0.3, 0.4) is 0 Å². The van der Waals surface area contributed by atoms with E-state index in [-0.39, 0.29) is 13.2 Å². The predicted molar refractivity (Wildman–Crippen MR) is 102 cm³/mol. The minimum absolute atomic E-state index is 0.212. The Morgan fingerprint density at radius 2 is 1.70 bits per heavy atom. The predicted octanol–water partition coefficient (Wildman–Crippen LogP) is 1.81. The van der Waals surface area contributed by atoms with Crippen molar-refractivity contribution in [3.8, 4) is 5.75 Å². The Kier molecular flexibility index (Phi) is 7.12. The maximum absolute atomic E-state index is 10.7. The number of thioether (sulfide) groups is 1. The van der Waals surface area contributed by atoms with Crippen molar-refractivity contribution in [2.75, 3.05) is 13.7 Å². The highest BCUT2D eigenvalue weighted by Crippen LogP contribution is 2.34. The van der Waals surface area contributed by atoms with Crippen LogP contribution >= 0.6 is 11.8 Å². The second-order valence-corrected chi connectivity index (χ2v) is 7.43. The molecule has 146 valence electrons. The second-order valence-electron chi connectivity index (χ2n) is 6.26. The van der Waals surface area contributed by atoms with E-state index in [4.69, 9.17) is 14.2 Å². The number of aliphatic hydroxyl groups is 3. The molecular weight excluding hydrogens is 368 g/mol. The fourth-order valence-electron chi connectivity index (χ4n) is 2.89. The van der Waals surface area contributed by atoms with Crippen molar-refractivity contribution < 1.29 is 29.5 Å². The third kappa shape index (κ3) is 5.01. The van der Waals surface area contributed by atoms with E-state index >= 15 is 0 Å². The zero-order valence-electron chi connectivity index (χ0n) is 15.0. The van der Waals surface area contributed by atoms with Crippen LogP contribution in [0.2, 0.25) is 0 Å². The molecule has 0 amide bonds. The first-order valence-electron chi connectivity index (χ1n) is 8.71. The number of methoxy groups -OCH3 is 1. The summed E-state index contributed by atoms with van der Waals surface area (Å²) in [6.45, 7) is -0.147. The van der Waals surface area contributed by atoms with E-state index in [1.807, 2.05) is 54.6 Å². The molecule has 0 spiro atoms. The highest BCUT2D eigenvalue weighted by Gasteiger charge is 2.45. The Labute approximate surface area is 162 Å². The van der Waals surface area contributed by atoms with E-state index in [0.29, 0.717) is 0 Å². The average molecular weight is 392 g/mol. The Morgan fingerprint density at radius 3 is 2.33 bits per heavy atom. The van der Waals surface area contributed by atoms with Crippen molar-refractivity contribution in [1.29, 1.82) is 0 Å². The van der Waals surface area contributed by atoms with E-state index in [9.17, 15) is 15.3 Å². The summed E-state index contributed by atoms with van der Waals surface area (Å²) < 4.78 is 16.6. The van der Waals surface area contributed by atoms with Crippen LogP contribution in [0.5, 0.6) is 5.75 Å². The van der Waals surface area contributed by atoms with Gasteiger partial charge in [-0.2, -0.15) is 0 Å². The number of ether oxygens (including phenoxy) is 3. The van der Waals surface area contributed by atoms with E-state index in [0.717, 1.165) is 16.2 Å². The van der Waals surface area contributed by atoms with Gasteiger partial charge in [0.15, 0.2) is 0 Å². The summed E-state index contributed by atoms with van der Waals surface area (Å²) in [5, 5.41) is 30.7. The minimum atomic E-state index is -1.13. The largest absolute Gasteiger partial charge is 0.497 e. The Bertz CT molecular complexity index is 695. The monoisotopic (exact) mass is 392 g/mol. The third-order valence-corrected chi connectivity index (χ3v) is 5.59. The van der Waals surface area contributed by atoms with Crippen molar-refractivity contribution in [1.82, 2.24) is 0 Å². The molecule has 2 unspecified atom stereocenters. The molecule has 3 N–H and O–H groups in total. The van der Waals surface area contributed by atoms with Crippen molar-refractivity contribution in [3.05, 3.63) is 60.2 Å². The van der Waals surface area contributed by atoms with E-state index in [1.165, 1.54) is 11.8 Å². The second kappa shape index (κ2) is 9.54. The molecule has 27 heavy (non-hydrogen) atoms. The highest BCUT2D eigenvalue weighted by atomic mass is 32.2. The standard InChI is InChI=1S/C20H24O6S/c1-24-14-9-7-13(8-10-14)12-25-19-17(22)16(11-21)26-20(18(19)23)27-15-5-3-2-4-6-15/h2-10,16-23H,11-12H2,1H3/t16?,17-,18?,19+,20+/m1/s1. The molecule has 1 aliphatic rings. The molecule has 0 bridgehead atoms. The van der Waals surface area contributed by atoms with Crippen molar-refractivity contribution in [2.24, 2.45) is 0 Å². The Hall–Kier alpha value is -1.61. The quantitative estimate of drug-likeness (QED) is 0.662. The van der Waals surface area contributed by atoms with Crippen LogP contribution in [0, 0.1) is 0 Å². The van der Waals surface area contributed by atoms with Crippen molar-refractivity contribution in [2.45, 2.75) is 41.4 Å². The fraction of sp³-hybridized carbons (Fsp3) is 0.400. The van der Waals surface area contributed by atoms with Gasteiger partial charge in [-0.1, -0.05) is 42.1 Å². The van der Waals surface area contributed by atoms with Crippen molar-refractivity contribution >= 4 is 11.8 Å². The summed E-state index contributed by atoms with van der Waals surface area (Å²) >= 11 is 1.33. The molecule has 2 aromatic carbocycles. The lowest BCUT2D eigenvalue weighted by molar-refractivity contribution is -0.223. The van der Waals surface area contributed by atoms with Crippen LogP contribution in [-0.2, 0) is 16.1 Å². The summed E-state index contributed by atoms with van der Waals surface area (Å²) in [6.07, 6.45) is -3.88. The molecule has 1 heterocycles. The lowest BCUT2D eigenvalue weighted by Gasteiger charge is -2.41. The van der Waals surface area contributed by atoms with Gasteiger partial charge in [-0.25, -0.2) is 0 Å². The van der Waals surface area contributed by atoms with Gasteiger partial charge in [0.05, 0.1) is 20.3 Å². The molecule has 0 aliphatic carbocycles. The molecule has 0 radical (unpaired) electrons. The molecule has 6 nitrogen and oxygen atoms in total. The number of rotatable bonds is 7. The number of aliphatic hydroxyl groups excluding tert-OH is 3. The van der Waals surface area contributed by atoms with E-state index in [1.54, 1.807) is 7.11 Å². The summed E-state index contributed by atoms with van der Waals surface area (Å²) in [4.78, 5) is 0.920. The molecule has 1 fully saturated rings. The topological polar surface area (TPSA) is 88.4 Å². The summed E-state index contributed by atoms with van der Waals surface area (Å²) in [5.74, 6) is 0.740.